The van der Waals surface area contributed by atoms with E-state index in [1.54, 1.807) is 0 Å². The van der Waals surface area contributed by atoms with Crippen LogP contribution in [0, 0.1) is 0 Å². The zero-order valence-electron chi connectivity index (χ0n) is 11.3. The van der Waals surface area contributed by atoms with Gasteiger partial charge in [0.05, 0.1) is 12.2 Å². The van der Waals surface area contributed by atoms with Crippen molar-refractivity contribution in [3.05, 3.63) is 44.5 Å². The van der Waals surface area contributed by atoms with Crippen molar-refractivity contribution in [2.24, 2.45) is 0 Å². The summed E-state index contributed by atoms with van der Waals surface area (Å²) in [7, 11) is 0. The average molecular weight is 326 g/mol. The lowest BCUT2D eigenvalue weighted by Crippen LogP contribution is -2.38. The Morgan fingerprint density at radius 1 is 1.50 bits per heavy atom. The predicted octanol–water partition coefficient (Wildman–Crippen LogP) is 1.51. The van der Waals surface area contributed by atoms with Crippen LogP contribution in [0.3, 0.4) is 0 Å². The number of carbonyl (C=O) groups is 1. The first-order valence-electron chi connectivity index (χ1n) is 6.63. The Hall–Kier alpha value is -2.16. The number of rotatable bonds is 5. The monoisotopic (exact) mass is 326 g/mol. The Labute approximate surface area is 127 Å². The van der Waals surface area contributed by atoms with Crippen LogP contribution in [0.4, 0.5) is 8.78 Å². The molecule has 1 aliphatic carbocycles. The van der Waals surface area contributed by atoms with E-state index in [1.165, 1.54) is 17.6 Å². The second-order valence-corrected chi connectivity index (χ2v) is 5.89. The molecule has 0 atom stereocenters. The Balaban J connectivity index is 1.70. The molecule has 1 fully saturated rings. The lowest BCUT2D eigenvalue weighted by Gasteiger charge is -2.13. The Morgan fingerprint density at radius 3 is 2.91 bits per heavy atom. The number of H-pyrrole nitrogens is 1. The maximum atomic E-state index is 13.8. The predicted molar refractivity (Wildman–Crippen MR) is 74.7 cm³/mol. The van der Waals surface area contributed by atoms with E-state index in [0.29, 0.717) is 17.2 Å². The molecule has 1 amide bonds. The molecule has 0 aromatic carbocycles. The number of aromatic amines is 1. The molecule has 9 heteroatoms. The van der Waals surface area contributed by atoms with Gasteiger partial charge in [-0.1, -0.05) is 0 Å². The summed E-state index contributed by atoms with van der Waals surface area (Å²) < 4.78 is 27.7. The largest absolute Gasteiger partial charge is 0.375 e. The van der Waals surface area contributed by atoms with Gasteiger partial charge in [0.15, 0.2) is 5.01 Å². The van der Waals surface area contributed by atoms with Crippen LogP contribution in [0.1, 0.15) is 35.3 Å². The second-order valence-electron chi connectivity index (χ2n) is 4.99. The first-order valence-corrected chi connectivity index (χ1v) is 7.51. The van der Waals surface area contributed by atoms with Gasteiger partial charge < -0.3 is 10.3 Å². The first-order chi connectivity index (χ1) is 10.5. The molecule has 0 saturated heterocycles. The third kappa shape index (κ3) is 3.03. The minimum Gasteiger partial charge on any atom is -0.345 e. The molecule has 0 spiro atoms. The first kappa shape index (κ1) is 14.8. The SMILES string of the molecule is O=C(NCc1cc(=O)[nH]c(C2CC2)n1)C(F)(F)c1nccs1. The van der Waals surface area contributed by atoms with Crippen molar-refractivity contribution >= 4 is 17.2 Å². The van der Waals surface area contributed by atoms with E-state index in [9.17, 15) is 18.4 Å². The van der Waals surface area contributed by atoms with Gasteiger partial charge in [-0.2, -0.15) is 8.78 Å². The van der Waals surface area contributed by atoms with Crippen LogP contribution in [-0.4, -0.2) is 20.9 Å². The minimum atomic E-state index is -3.70. The molecular weight excluding hydrogens is 314 g/mol. The van der Waals surface area contributed by atoms with Crippen molar-refractivity contribution in [3.8, 4) is 0 Å². The smallest absolute Gasteiger partial charge is 0.345 e. The third-order valence-electron chi connectivity index (χ3n) is 3.19. The molecule has 3 rings (SSSR count). The van der Waals surface area contributed by atoms with Crippen molar-refractivity contribution in [1.82, 2.24) is 20.3 Å². The van der Waals surface area contributed by atoms with Crippen molar-refractivity contribution in [2.45, 2.75) is 31.2 Å². The highest BCUT2D eigenvalue weighted by atomic mass is 32.1. The molecular formula is C13H12F2N4O2S. The molecule has 6 nitrogen and oxygen atoms in total. The summed E-state index contributed by atoms with van der Waals surface area (Å²) >= 11 is 0.704. The number of nitrogens with zero attached hydrogens (tertiary/aromatic N) is 2. The van der Waals surface area contributed by atoms with Crippen molar-refractivity contribution in [1.29, 1.82) is 0 Å². The quantitative estimate of drug-likeness (QED) is 0.872. The summed E-state index contributed by atoms with van der Waals surface area (Å²) in [6.45, 7) is -0.233. The van der Waals surface area contributed by atoms with Gasteiger partial charge in [0.2, 0.25) is 0 Å². The zero-order chi connectivity index (χ0) is 15.7. The van der Waals surface area contributed by atoms with E-state index in [1.807, 2.05) is 0 Å². The zero-order valence-corrected chi connectivity index (χ0v) is 12.1. The lowest BCUT2D eigenvalue weighted by atomic mass is 10.3. The number of nitrogens with one attached hydrogen (secondary N) is 2. The van der Waals surface area contributed by atoms with Crippen molar-refractivity contribution in [3.63, 3.8) is 0 Å². The third-order valence-corrected chi connectivity index (χ3v) is 4.04. The highest BCUT2D eigenvalue weighted by Crippen LogP contribution is 2.37. The summed E-state index contributed by atoms with van der Waals surface area (Å²) in [6.07, 6.45) is 3.10. The van der Waals surface area contributed by atoms with Crippen molar-refractivity contribution in [2.75, 3.05) is 0 Å². The van der Waals surface area contributed by atoms with Crippen LogP contribution in [0.15, 0.2) is 22.4 Å². The highest BCUT2D eigenvalue weighted by Gasteiger charge is 2.43. The number of hydrogen-bond acceptors (Lipinski definition) is 5. The molecule has 0 radical (unpaired) electrons. The molecule has 0 aliphatic heterocycles. The van der Waals surface area contributed by atoms with Crippen molar-refractivity contribution < 1.29 is 13.6 Å². The van der Waals surface area contributed by atoms with Gasteiger partial charge in [-0.05, 0) is 12.8 Å². The molecule has 2 N–H and O–H groups in total. The maximum Gasteiger partial charge on any atom is 0.375 e. The number of alkyl halides is 2. The average Bonchev–Trinajstić information content (AvgIpc) is 3.18. The van der Waals surface area contributed by atoms with Crippen LogP contribution in [-0.2, 0) is 17.3 Å². The second kappa shape index (κ2) is 5.56. The van der Waals surface area contributed by atoms with E-state index < -0.39 is 16.8 Å². The Bertz CT molecular complexity index is 741. The van der Waals surface area contributed by atoms with Gasteiger partial charge in [-0.25, -0.2) is 9.97 Å². The fourth-order valence-corrected chi connectivity index (χ4v) is 2.54. The Kier molecular flexibility index (Phi) is 3.73. The molecule has 2 heterocycles. The normalized spacial score (nSPS) is 14.8. The number of amides is 1. The van der Waals surface area contributed by atoms with Crippen LogP contribution in [0.25, 0.3) is 0 Å². The summed E-state index contributed by atoms with van der Waals surface area (Å²) in [5.41, 5.74) is -0.0956. The summed E-state index contributed by atoms with van der Waals surface area (Å²) in [6, 6.07) is 1.19. The molecule has 2 aromatic rings. The minimum absolute atomic E-state index is 0.222. The molecule has 116 valence electrons. The van der Waals surface area contributed by atoms with Crippen LogP contribution < -0.4 is 10.9 Å². The molecule has 1 aliphatic rings. The molecule has 2 aromatic heterocycles. The van der Waals surface area contributed by atoms with E-state index in [2.05, 4.69) is 20.3 Å². The van der Waals surface area contributed by atoms with Gasteiger partial charge in [-0.15, -0.1) is 11.3 Å². The van der Waals surface area contributed by atoms with Gasteiger partial charge in [-0.3, -0.25) is 9.59 Å². The molecule has 1 saturated carbocycles. The topological polar surface area (TPSA) is 87.7 Å². The summed E-state index contributed by atoms with van der Waals surface area (Å²) in [5, 5.41) is 2.91. The maximum absolute atomic E-state index is 13.8. The van der Waals surface area contributed by atoms with Crippen LogP contribution in [0.5, 0.6) is 0 Å². The van der Waals surface area contributed by atoms with Gasteiger partial charge >= 0.3 is 5.92 Å². The number of halogens is 2. The lowest BCUT2D eigenvalue weighted by molar-refractivity contribution is -0.147. The fraction of sp³-hybridized carbons (Fsp3) is 0.385. The van der Waals surface area contributed by atoms with Gasteiger partial charge in [0, 0.05) is 23.6 Å². The standard InChI is InChI=1S/C13H12F2N4O2S/c14-13(15,12-16-3-4-22-12)11(21)17-6-8-5-9(20)19-10(18-8)7-1-2-7/h3-5,7H,1-2,6H2,(H,17,21)(H,18,19,20). The molecule has 22 heavy (non-hydrogen) atoms. The van der Waals surface area contributed by atoms with E-state index >= 15 is 0 Å². The van der Waals surface area contributed by atoms with E-state index in [4.69, 9.17) is 0 Å². The van der Waals surface area contributed by atoms with E-state index in [0.717, 1.165) is 12.8 Å². The summed E-state index contributed by atoms with van der Waals surface area (Å²) in [4.78, 5) is 33.4. The van der Waals surface area contributed by atoms with Crippen LogP contribution >= 0.6 is 11.3 Å². The Morgan fingerprint density at radius 2 is 2.27 bits per heavy atom. The highest BCUT2D eigenvalue weighted by molar-refractivity contribution is 7.09. The van der Waals surface area contributed by atoms with E-state index in [-0.39, 0.29) is 23.7 Å². The number of hydrogen-bond donors (Lipinski definition) is 2. The van der Waals surface area contributed by atoms with Crippen LogP contribution in [0.2, 0.25) is 0 Å². The van der Waals surface area contributed by atoms with Gasteiger partial charge in [0.1, 0.15) is 5.82 Å². The number of carbonyl (C=O) groups excluding carboxylic acids is 1. The molecule has 0 unspecified atom stereocenters. The summed E-state index contributed by atoms with van der Waals surface area (Å²) in [5.74, 6) is -4.39. The van der Waals surface area contributed by atoms with Gasteiger partial charge in [0.25, 0.3) is 11.5 Å². The fourth-order valence-electron chi connectivity index (χ4n) is 1.93. The number of aromatic nitrogens is 3. The number of thiazole rings is 1. The molecule has 0 bridgehead atoms.